The predicted molar refractivity (Wildman–Crippen MR) is 11.9 cm³/mol. The van der Waals surface area contributed by atoms with Gasteiger partial charge in [-0.25, -0.2) is 11.1 Å². The number of rotatable bonds is 0. The molecule has 0 bridgehead atoms. The average molecular weight is 106 g/mol. The van der Waals surface area contributed by atoms with Crippen molar-refractivity contribution >= 4 is 12.4 Å². The van der Waals surface area contributed by atoms with Gasteiger partial charge >= 0.3 is 0 Å². The second kappa shape index (κ2) is 87.5. The summed E-state index contributed by atoms with van der Waals surface area (Å²) in [5, 5.41) is 6.75. The summed E-state index contributed by atoms with van der Waals surface area (Å²) in [6.45, 7) is 0. The summed E-state index contributed by atoms with van der Waals surface area (Å²) in [6.07, 6.45) is 0. The summed E-state index contributed by atoms with van der Waals surface area (Å²) in [6, 6.07) is 0. The van der Waals surface area contributed by atoms with E-state index >= 15 is 0 Å². The van der Waals surface area contributed by atoms with Crippen molar-refractivity contribution in [1.29, 1.82) is 0 Å². The van der Waals surface area contributed by atoms with E-state index in [1.165, 1.54) is 0 Å². The Labute approximate surface area is 36.8 Å². The van der Waals surface area contributed by atoms with Crippen LogP contribution in [0.25, 0.3) is 0 Å². The molecule has 0 rings (SSSR count). The lowest BCUT2D eigenvalue weighted by molar-refractivity contribution is -0.670. The summed E-state index contributed by atoms with van der Waals surface area (Å²) in [5.41, 5.74) is 0. The molecule has 0 aromatic carbocycles. The predicted octanol–water partition coefficient (Wildman–Crippen LogP) is -3.96. The fourth-order valence-corrected chi connectivity index (χ4v) is 0. The maximum atomic E-state index is 6.75. The van der Waals surface area contributed by atoms with Crippen molar-refractivity contribution in [3.8, 4) is 0 Å². The van der Waals surface area contributed by atoms with Gasteiger partial charge in [-0.3, -0.25) is 0 Å². The summed E-state index contributed by atoms with van der Waals surface area (Å²) in [7, 11) is 0. The lowest BCUT2D eigenvalue weighted by Gasteiger charge is -1.22. The highest BCUT2D eigenvalue weighted by molar-refractivity contribution is 5.85. The molecule has 4 N–H and O–H groups in total. The van der Waals surface area contributed by atoms with Gasteiger partial charge in [-0.2, -0.15) is 0 Å². The molecule has 30 valence electrons. The van der Waals surface area contributed by atoms with Gasteiger partial charge in [0.05, 0.1) is 0 Å². The van der Waals surface area contributed by atoms with Gasteiger partial charge in [0, 0.05) is 0 Å². The third-order valence-electron chi connectivity index (χ3n) is 0. The van der Waals surface area contributed by atoms with Gasteiger partial charge in [-0.15, -0.1) is 12.4 Å². The van der Waals surface area contributed by atoms with Gasteiger partial charge in [0.15, 0.2) is 0 Å². The first-order chi connectivity index (χ1) is 1.00. The third kappa shape index (κ3) is 22.5. The molecular weight excluding hydrogens is 101 g/mol. The largest absolute Gasteiger partial charge is 1.00 e. The molecule has 0 fully saturated rings. The van der Waals surface area contributed by atoms with Crippen molar-refractivity contribution in [3.05, 3.63) is 0 Å². The van der Waals surface area contributed by atoms with Crippen LogP contribution >= 0.6 is 12.4 Å². The van der Waals surface area contributed by atoms with E-state index in [0.717, 1.165) is 0 Å². The maximum Gasteiger partial charge on any atom is -0.147 e. The van der Waals surface area contributed by atoms with Crippen LogP contribution in [0.2, 0.25) is 0 Å². The van der Waals surface area contributed by atoms with Gasteiger partial charge in [0.2, 0.25) is 0 Å². The standard InChI is InChI=1S/2ClH.H4NO/c;;1-2/h2*1H;2H,1H3/q;;+1/p-1. The molecule has 0 amide bonds. The Morgan fingerprint density at radius 3 is 1.25 bits per heavy atom. The van der Waals surface area contributed by atoms with Crippen LogP contribution in [-0.2, 0) is 0 Å². The van der Waals surface area contributed by atoms with E-state index < -0.39 is 0 Å². The van der Waals surface area contributed by atoms with Gasteiger partial charge in [0.25, 0.3) is 0 Å². The molecule has 2 nitrogen and oxygen atoms in total. The zero-order valence-electron chi connectivity index (χ0n) is 1.94. The Balaban J connectivity index is -0.00000000500. The summed E-state index contributed by atoms with van der Waals surface area (Å²) < 4.78 is 0. The Bertz CT molecular complexity index is 6.00. The Morgan fingerprint density at radius 2 is 1.25 bits per heavy atom. The van der Waals surface area contributed by atoms with Crippen LogP contribution in [0.4, 0.5) is 0 Å². The molecule has 0 aliphatic carbocycles. The van der Waals surface area contributed by atoms with Crippen LogP contribution in [-0.4, -0.2) is 5.21 Å². The fourth-order valence-electron chi connectivity index (χ4n) is 0. The van der Waals surface area contributed by atoms with Gasteiger partial charge in [-0.05, 0) is 0 Å². The van der Waals surface area contributed by atoms with Crippen molar-refractivity contribution in [2.75, 3.05) is 0 Å². The molecule has 0 heterocycles. The number of hydrogen-bond donors (Lipinski definition) is 2. The highest BCUT2D eigenvalue weighted by atomic mass is 35.5. The minimum Gasteiger partial charge on any atom is -1.00 e. The Hall–Kier alpha value is 0.500. The van der Waals surface area contributed by atoms with E-state index in [4.69, 9.17) is 5.21 Å². The maximum absolute atomic E-state index is 6.75. The topological polar surface area (TPSA) is 47.9 Å². The molecule has 0 spiro atoms. The summed E-state index contributed by atoms with van der Waals surface area (Å²) in [5.74, 6) is 2.25. The third-order valence-corrected chi connectivity index (χ3v) is 0. The fraction of sp³-hybridized carbons (Fsp3) is 0. The van der Waals surface area contributed by atoms with Crippen molar-refractivity contribution in [2.45, 2.75) is 0 Å². The highest BCUT2D eigenvalue weighted by Gasteiger charge is 0.781. The number of hydrogen-bond acceptors (Lipinski definition) is 1. The molecule has 0 saturated carbocycles. The van der Waals surface area contributed by atoms with Crippen molar-refractivity contribution in [3.63, 3.8) is 0 Å². The Morgan fingerprint density at radius 1 is 1.25 bits per heavy atom. The number of quaternary nitrogens is 1. The molecule has 0 aromatic rings. The first-order valence-corrected chi connectivity index (χ1v) is 0.316. The molecule has 0 radical (unpaired) electrons. The van der Waals surface area contributed by atoms with Crippen LogP contribution in [0.3, 0.4) is 0 Å². The number of halogens is 2. The van der Waals surface area contributed by atoms with Gasteiger partial charge in [-0.1, -0.05) is 0 Å². The van der Waals surface area contributed by atoms with Gasteiger partial charge in [0.1, 0.15) is 0 Å². The summed E-state index contributed by atoms with van der Waals surface area (Å²) >= 11 is 0. The minimum absolute atomic E-state index is 0. The molecular formula is H5Cl2NO. The SMILES string of the molecule is Cl.[Cl-].[NH3+]O. The first kappa shape index (κ1) is 24.5. The zero-order chi connectivity index (χ0) is 2.00. The van der Waals surface area contributed by atoms with E-state index in [9.17, 15) is 0 Å². The van der Waals surface area contributed by atoms with Crippen LogP contribution < -0.4 is 18.3 Å². The van der Waals surface area contributed by atoms with Crippen LogP contribution in [0.5, 0.6) is 0 Å². The van der Waals surface area contributed by atoms with E-state index in [1.54, 1.807) is 0 Å². The molecule has 4 heteroatoms. The second-order valence-corrected chi connectivity index (χ2v) is 0. The molecule has 0 aromatic heterocycles. The van der Waals surface area contributed by atoms with E-state index in [1.807, 2.05) is 0 Å². The smallest absolute Gasteiger partial charge is 0.147 e. The molecule has 0 saturated heterocycles. The van der Waals surface area contributed by atoms with E-state index in [2.05, 4.69) is 5.90 Å². The molecule has 4 heavy (non-hydrogen) atoms. The van der Waals surface area contributed by atoms with Crippen LogP contribution in [0, 0.1) is 0 Å². The lowest BCUT2D eigenvalue weighted by Crippen LogP contribution is -3.00. The zero-order valence-corrected chi connectivity index (χ0v) is 3.51. The highest BCUT2D eigenvalue weighted by Crippen LogP contribution is 0.690. The summed E-state index contributed by atoms with van der Waals surface area (Å²) in [4.78, 5) is 0. The minimum atomic E-state index is 0. The average Bonchev–Trinajstić information content (AvgIpc) is 1.00. The molecule has 0 aliphatic heterocycles. The van der Waals surface area contributed by atoms with Crippen molar-refractivity contribution in [1.82, 2.24) is 0 Å². The van der Waals surface area contributed by atoms with Gasteiger partial charge < -0.3 is 12.4 Å². The molecule has 0 atom stereocenters. The second-order valence-electron chi connectivity index (χ2n) is 0. The van der Waals surface area contributed by atoms with Crippen LogP contribution in [0.15, 0.2) is 0 Å². The van der Waals surface area contributed by atoms with E-state index in [0.29, 0.717) is 0 Å². The monoisotopic (exact) mass is 105 g/mol. The molecule has 0 unspecified atom stereocenters. The van der Waals surface area contributed by atoms with Crippen molar-refractivity contribution in [2.24, 2.45) is 0 Å². The normalized spacial score (nSPS) is 1.50. The van der Waals surface area contributed by atoms with Crippen LogP contribution in [0.1, 0.15) is 0 Å². The van der Waals surface area contributed by atoms with E-state index in [-0.39, 0.29) is 24.8 Å². The quantitative estimate of drug-likeness (QED) is 0.304. The first-order valence-electron chi connectivity index (χ1n) is 0.316. The molecule has 0 aliphatic rings. The van der Waals surface area contributed by atoms with Crippen molar-refractivity contribution < 1.29 is 23.5 Å². The lowest BCUT2D eigenvalue weighted by atomic mass is 13.6. The Kier molecular flexibility index (Phi) is 536.